The molecule has 2 aromatic carbocycles. The standard InChI is InChI=1S/C21H19N3O4/c1-27-14-6-4-5-13(11-14)17-12-18(24-28-17)21(9-10-21)20(26)23-16-8-3-2-7-15(16)19(22)25/h2-8,11-12H,9-10H2,1H3,(H2,22,25)(H,23,26). The molecular formula is C21H19N3O4. The molecule has 0 atom stereocenters. The first kappa shape index (κ1) is 17.8. The van der Waals surface area contributed by atoms with Gasteiger partial charge in [-0.3, -0.25) is 9.59 Å². The second-order valence-corrected chi connectivity index (χ2v) is 6.75. The molecule has 28 heavy (non-hydrogen) atoms. The molecule has 0 unspecified atom stereocenters. The molecule has 1 fully saturated rings. The van der Waals surface area contributed by atoms with E-state index >= 15 is 0 Å². The number of aromatic nitrogens is 1. The van der Waals surface area contributed by atoms with Gasteiger partial charge in [-0.05, 0) is 37.1 Å². The van der Waals surface area contributed by atoms with E-state index in [-0.39, 0.29) is 11.5 Å². The molecule has 142 valence electrons. The summed E-state index contributed by atoms with van der Waals surface area (Å²) >= 11 is 0. The van der Waals surface area contributed by atoms with Crippen molar-refractivity contribution < 1.29 is 18.8 Å². The van der Waals surface area contributed by atoms with E-state index in [9.17, 15) is 9.59 Å². The quantitative estimate of drug-likeness (QED) is 0.686. The third-order valence-electron chi connectivity index (χ3n) is 4.98. The molecular weight excluding hydrogens is 358 g/mol. The van der Waals surface area contributed by atoms with Crippen molar-refractivity contribution >= 4 is 17.5 Å². The van der Waals surface area contributed by atoms with Gasteiger partial charge < -0.3 is 20.3 Å². The monoisotopic (exact) mass is 377 g/mol. The summed E-state index contributed by atoms with van der Waals surface area (Å²) < 4.78 is 10.7. The number of methoxy groups -OCH3 is 1. The van der Waals surface area contributed by atoms with Gasteiger partial charge in [0.25, 0.3) is 5.91 Å². The number of hydrogen-bond donors (Lipinski definition) is 2. The van der Waals surface area contributed by atoms with Crippen LogP contribution in [0.3, 0.4) is 0 Å². The van der Waals surface area contributed by atoms with Gasteiger partial charge in [0.15, 0.2) is 5.76 Å². The van der Waals surface area contributed by atoms with Crippen molar-refractivity contribution in [2.45, 2.75) is 18.3 Å². The zero-order valence-electron chi connectivity index (χ0n) is 15.3. The van der Waals surface area contributed by atoms with Crippen LogP contribution in [-0.2, 0) is 10.2 Å². The highest BCUT2D eigenvalue weighted by molar-refractivity contribution is 6.06. The summed E-state index contributed by atoms with van der Waals surface area (Å²) in [7, 11) is 1.60. The van der Waals surface area contributed by atoms with E-state index in [1.807, 2.05) is 24.3 Å². The number of nitrogens with one attached hydrogen (secondary N) is 1. The van der Waals surface area contributed by atoms with E-state index in [4.69, 9.17) is 15.0 Å². The van der Waals surface area contributed by atoms with Gasteiger partial charge in [0, 0.05) is 11.6 Å². The fourth-order valence-corrected chi connectivity index (χ4v) is 3.19. The number of rotatable bonds is 6. The molecule has 0 bridgehead atoms. The maximum absolute atomic E-state index is 13.0. The smallest absolute Gasteiger partial charge is 0.250 e. The topological polar surface area (TPSA) is 107 Å². The Morgan fingerprint density at radius 2 is 1.93 bits per heavy atom. The van der Waals surface area contributed by atoms with Crippen LogP contribution in [-0.4, -0.2) is 24.1 Å². The third kappa shape index (κ3) is 3.11. The fraction of sp³-hybridized carbons (Fsp3) is 0.190. The zero-order valence-corrected chi connectivity index (χ0v) is 15.3. The van der Waals surface area contributed by atoms with Crippen molar-refractivity contribution in [1.29, 1.82) is 0 Å². The molecule has 7 nitrogen and oxygen atoms in total. The first-order chi connectivity index (χ1) is 13.5. The van der Waals surface area contributed by atoms with Gasteiger partial charge in [-0.2, -0.15) is 0 Å². The predicted molar refractivity (Wildman–Crippen MR) is 103 cm³/mol. The first-order valence-corrected chi connectivity index (χ1v) is 8.85. The molecule has 0 saturated heterocycles. The van der Waals surface area contributed by atoms with Gasteiger partial charge in [-0.25, -0.2) is 0 Å². The molecule has 0 aliphatic heterocycles. The predicted octanol–water partition coefficient (Wildman–Crippen LogP) is 3.12. The molecule has 7 heteroatoms. The van der Waals surface area contributed by atoms with Crippen molar-refractivity contribution in [3.8, 4) is 17.1 Å². The second-order valence-electron chi connectivity index (χ2n) is 6.75. The van der Waals surface area contributed by atoms with Gasteiger partial charge in [0.05, 0.1) is 29.5 Å². The highest BCUT2D eigenvalue weighted by Crippen LogP contribution is 2.49. The second kappa shape index (κ2) is 6.84. The number of nitrogens with zero attached hydrogens (tertiary/aromatic N) is 1. The Morgan fingerprint density at radius 3 is 2.64 bits per heavy atom. The summed E-state index contributed by atoms with van der Waals surface area (Å²) in [4.78, 5) is 24.5. The number of para-hydroxylation sites is 1. The van der Waals surface area contributed by atoms with Crippen molar-refractivity contribution in [3.05, 3.63) is 65.9 Å². The van der Waals surface area contributed by atoms with Gasteiger partial charge in [0.1, 0.15) is 5.75 Å². The minimum atomic E-state index is -0.759. The Labute approximate surface area is 161 Å². The van der Waals surface area contributed by atoms with Crippen LogP contribution in [0.25, 0.3) is 11.3 Å². The number of hydrogen-bond acceptors (Lipinski definition) is 5. The highest BCUT2D eigenvalue weighted by Gasteiger charge is 2.54. The number of amides is 2. The molecule has 1 aliphatic rings. The van der Waals surface area contributed by atoms with Crippen LogP contribution in [0.15, 0.2) is 59.1 Å². The molecule has 1 aromatic heterocycles. The van der Waals surface area contributed by atoms with Crippen molar-refractivity contribution in [1.82, 2.24) is 5.16 Å². The fourth-order valence-electron chi connectivity index (χ4n) is 3.19. The lowest BCUT2D eigenvalue weighted by Gasteiger charge is -2.14. The van der Waals surface area contributed by atoms with Gasteiger partial charge >= 0.3 is 0 Å². The average Bonchev–Trinajstić information content (AvgIpc) is 3.38. The number of carbonyl (C=O) groups is 2. The first-order valence-electron chi connectivity index (χ1n) is 8.85. The summed E-state index contributed by atoms with van der Waals surface area (Å²) in [5.74, 6) is 0.442. The lowest BCUT2D eigenvalue weighted by atomic mass is 9.99. The normalized spacial score (nSPS) is 14.3. The number of carbonyl (C=O) groups excluding carboxylic acids is 2. The minimum Gasteiger partial charge on any atom is -0.497 e. The number of nitrogens with two attached hydrogens (primary N) is 1. The van der Waals surface area contributed by atoms with E-state index in [1.165, 1.54) is 0 Å². The van der Waals surface area contributed by atoms with Crippen LogP contribution < -0.4 is 15.8 Å². The Kier molecular flexibility index (Phi) is 4.35. The number of primary amides is 1. The number of anilines is 1. The van der Waals surface area contributed by atoms with Crippen LogP contribution in [0.5, 0.6) is 5.75 Å². The van der Waals surface area contributed by atoms with Crippen LogP contribution in [0.4, 0.5) is 5.69 Å². The Bertz CT molecular complexity index is 1050. The summed E-state index contributed by atoms with van der Waals surface area (Å²) in [5.41, 5.74) is 6.67. The molecule has 0 spiro atoms. The molecule has 1 saturated carbocycles. The van der Waals surface area contributed by atoms with Crippen LogP contribution >= 0.6 is 0 Å². The van der Waals surface area contributed by atoms with E-state index in [0.29, 0.717) is 35.7 Å². The third-order valence-corrected chi connectivity index (χ3v) is 4.98. The van der Waals surface area contributed by atoms with Crippen LogP contribution in [0.2, 0.25) is 0 Å². The van der Waals surface area contributed by atoms with Gasteiger partial charge in [0.2, 0.25) is 5.91 Å². The van der Waals surface area contributed by atoms with Crippen molar-refractivity contribution in [3.63, 3.8) is 0 Å². The molecule has 4 rings (SSSR count). The number of ether oxygens (including phenoxy) is 1. The molecule has 1 heterocycles. The van der Waals surface area contributed by atoms with E-state index in [2.05, 4.69) is 10.5 Å². The maximum atomic E-state index is 13.0. The summed E-state index contributed by atoms with van der Waals surface area (Å²) in [6.45, 7) is 0. The highest BCUT2D eigenvalue weighted by atomic mass is 16.5. The Hall–Kier alpha value is -3.61. The van der Waals surface area contributed by atoms with Crippen molar-refractivity contribution in [2.24, 2.45) is 5.73 Å². The maximum Gasteiger partial charge on any atom is 0.250 e. The average molecular weight is 377 g/mol. The zero-order chi connectivity index (χ0) is 19.7. The van der Waals surface area contributed by atoms with Crippen LogP contribution in [0, 0.1) is 0 Å². The van der Waals surface area contributed by atoms with Gasteiger partial charge in [-0.1, -0.05) is 29.4 Å². The summed E-state index contributed by atoms with van der Waals surface area (Å²) in [6.07, 6.45) is 1.31. The SMILES string of the molecule is COc1cccc(-c2cc(C3(C(=O)Nc4ccccc4C(N)=O)CC3)no2)c1. The van der Waals surface area contributed by atoms with E-state index in [0.717, 1.165) is 5.56 Å². The van der Waals surface area contributed by atoms with E-state index in [1.54, 1.807) is 37.4 Å². The largest absolute Gasteiger partial charge is 0.497 e. The molecule has 1 aliphatic carbocycles. The van der Waals surface area contributed by atoms with E-state index < -0.39 is 11.3 Å². The van der Waals surface area contributed by atoms with Crippen LogP contribution in [0.1, 0.15) is 28.9 Å². The molecule has 2 amide bonds. The Morgan fingerprint density at radius 1 is 1.14 bits per heavy atom. The summed E-state index contributed by atoms with van der Waals surface area (Å²) in [5, 5.41) is 6.95. The Balaban J connectivity index is 1.59. The van der Waals surface area contributed by atoms with Gasteiger partial charge in [-0.15, -0.1) is 0 Å². The van der Waals surface area contributed by atoms with Crippen molar-refractivity contribution in [2.75, 3.05) is 12.4 Å². The molecule has 3 N–H and O–H groups in total. The molecule has 0 radical (unpaired) electrons. The lowest BCUT2D eigenvalue weighted by molar-refractivity contribution is -0.118. The number of benzene rings is 2. The lowest BCUT2D eigenvalue weighted by Crippen LogP contribution is -2.29. The minimum absolute atomic E-state index is 0.230. The molecule has 3 aromatic rings. The summed E-state index contributed by atoms with van der Waals surface area (Å²) in [6, 6.07) is 15.9.